The van der Waals surface area contributed by atoms with Crippen LogP contribution in [0.25, 0.3) is 0 Å². The standard InChI is InChI=1S/C27H24O8/c28-23-16-21(34-26(30)19-12-6-2-7-13-19)24(35-27(31)20-14-8-3-9-15-20)22(33-23)17-32-25(29)18-10-4-1-5-11-18/h1-15,21-24,28H,16-17H2/t21-,22-,23-,24+/m1/s1/i16D/t16-,21-,22-,23-,24+. The van der Waals surface area contributed by atoms with Gasteiger partial charge in [0, 0.05) is 7.77 Å². The van der Waals surface area contributed by atoms with E-state index in [0.29, 0.717) is 0 Å². The van der Waals surface area contributed by atoms with Crippen LogP contribution < -0.4 is 0 Å². The molecule has 3 aromatic carbocycles. The second-order valence-electron chi connectivity index (χ2n) is 7.69. The molecule has 8 nitrogen and oxygen atoms in total. The molecule has 1 heterocycles. The Morgan fingerprint density at radius 1 is 0.771 bits per heavy atom. The topological polar surface area (TPSA) is 108 Å². The van der Waals surface area contributed by atoms with Crippen LogP contribution in [0.5, 0.6) is 0 Å². The fourth-order valence-electron chi connectivity index (χ4n) is 3.52. The van der Waals surface area contributed by atoms with E-state index in [2.05, 4.69) is 0 Å². The number of carbonyl (C=O) groups is 3. The summed E-state index contributed by atoms with van der Waals surface area (Å²) < 4.78 is 30.4. The molecule has 5 atom stereocenters. The highest BCUT2D eigenvalue weighted by Crippen LogP contribution is 2.27. The van der Waals surface area contributed by atoms with Gasteiger partial charge in [0.2, 0.25) is 0 Å². The van der Waals surface area contributed by atoms with Crippen LogP contribution >= 0.6 is 0 Å². The third-order valence-corrected chi connectivity index (χ3v) is 5.25. The number of aliphatic hydroxyl groups excluding tert-OH is 1. The quantitative estimate of drug-likeness (QED) is 0.408. The Morgan fingerprint density at radius 3 is 1.74 bits per heavy atom. The summed E-state index contributed by atoms with van der Waals surface area (Å²) in [5.74, 6) is -2.19. The van der Waals surface area contributed by atoms with Gasteiger partial charge < -0.3 is 24.1 Å². The Bertz CT molecular complexity index is 1170. The Balaban J connectivity index is 1.57. The molecule has 1 aliphatic rings. The zero-order chi connectivity index (χ0) is 25.5. The third-order valence-electron chi connectivity index (χ3n) is 5.25. The first kappa shape index (κ1) is 22.8. The minimum absolute atomic E-state index is 0.214. The summed E-state index contributed by atoms with van der Waals surface area (Å²) in [5, 5.41) is 10.4. The van der Waals surface area contributed by atoms with Gasteiger partial charge in [-0.05, 0) is 36.4 Å². The van der Waals surface area contributed by atoms with Crippen LogP contribution in [0.3, 0.4) is 0 Å². The minimum Gasteiger partial charge on any atom is -0.459 e. The van der Waals surface area contributed by atoms with Crippen LogP contribution in [0.2, 0.25) is 0 Å². The number of rotatable bonds is 7. The van der Waals surface area contributed by atoms with E-state index >= 15 is 0 Å². The largest absolute Gasteiger partial charge is 0.459 e. The number of carbonyl (C=O) groups excluding carboxylic acids is 3. The second kappa shape index (κ2) is 11.4. The van der Waals surface area contributed by atoms with Crippen molar-refractivity contribution in [1.29, 1.82) is 0 Å². The average molecular weight is 477 g/mol. The summed E-state index contributed by atoms with van der Waals surface area (Å²) in [6.45, 7) is -0.427. The molecule has 3 aromatic rings. The normalized spacial score (nSPS) is 24.0. The molecule has 0 amide bonds. The predicted octanol–water partition coefficient (Wildman–Crippen LogP) is 3.40. The number of aliphatic hydroxyl groups is 1. The van der Waals surface area contributed by atoms with Crippen molar-refractivity contribution in [3.8, 4) is 0 Å². The smallest absolute Gasteiger partial charge is 0.338 e. The van der Waals surface area contributed by atoms with Crippen LogP contribution in [0.15, 0.2) is 91.0 Å². The summed E-state index contributed by atoms with van der Waals surface area (Å²) in [6.07, 6.45) is -7.15. The monoisotopic (exact) mass is 477 g/mol. The Morgan fingerprint density at radius 2 is 1.23 bits per heavy atom. The Kier molecular flexibility index (Phi) is 7.42. The summed E-state index contributed by atoms with van der Waals surface area (Å²) in [4.78, 5) is 38.1. The lowest BCUT2D eigenvalue weighted by Gasteiger charge is -2.38. The predicted molar refractivity (Wildman–Crippen MR) is 124 cm³/mol. The van der Waals surface area contributed by atoms with E-state index in [0.717, 1.165) is 0 Å². The molecule has 0 radical (unpaired) electrons. The van der Waals surface area contributed by atoms with Crippen molar-refractivity contribution in [3.63, 3.8) is 0 Å². The first-order valence-corrected chi connectivity index (χ1v) is 10.9. The first-order valence-electron chi connectivity index (χ1n) is 11.5. The number of ether oxygens (including phenoxy) is 4. The maximum atomic E-state index is 12.9. The number of hydrogen-bond acceptors (Lipinski definition) is 8. The lowest BCUT2D eigenvalue weighted by molar-refractivity contribution is -0.239. The van der Waals surface area contributed by atoms with E-state index in [9.17, 15) is 19.5 Å². The van der Waals surface area contributed by atoms with Crippen molar-refractivity contribution in [2.75, 3.05) is 6.61 Å². The van der Waals surface area contributed by atoms with Crippen molar-refractivity contribution < 1.29 is 39.8 Å². The maximum absolute atomic E-state index is 12.9. The number of esters is 3. The zero-order valence-corrected chi connectivity index (χ0v) is 18.6. The summed E-state index contributed by atoms with van der Waals surface area (Å²) in [6, 6.07) is 24.4. The first-order chi connectivity index (χ1) is 17.4. The molecule has 1 saturated heterocycles. The van der Waals surface area contributed by atoms with Crippen molar-refractivity contribution >= 4 is 17.9 Å². The van der Waals surface area contributed by atoms with Gasteiger partial charge in [0.15, 0.2) is 12.4 Å². The van der Waals surface area contributed by atoms with E-state index in [1.54, 1.807) is 66.7 Å². The molecular formula is C27H24O8. The molecule has 1 N–H and O–H groups in total. The highest BCUT2D eigenvalue weighted by molar-refractivity contribution is 5.90. The Hall–Kier alpha value is -4.01. The van der Waals surface area contributed by atoms with Gasteiger partial charge in [0.05, 0.1) is 16.7 Å². The van der Waals surface area contributed by atoms with Gasteiger partial charge in [-0.1, -0.05) is 54.6 Å². The van der Waals surface area contributed by atoms with E-state index < -0.39 is 55.5 Å². The molecule has 4 rings (SSSR count). The van der Waals surface area contributed by atoms with Gasteiger partial charge in [0.25, 0.3) is 0 Å². The van der Waals surface area contributed by atoms with Crippen LogP contribution in [0.4, 0.5) is 0 Å². The summed E-state index contributed by atoms with van der Waals surface area (Å²) >= 11 is 0. The van der Waals surface area contributed by atoms with Gasteiger partial charge in [0.1, 0.15) is 18.8 Å². The van der Waals surface area contributed by atoms with Crippen LogP contribution in [0, 0.1) is 0 Å². The van der Waals surface area contributed by atoms with Gasteiger partial charge in [-0.15, -0.1) is 0 Å². The van der Waals surface area contributed by atoms with Crippen LogP contribution in [0.1, 0.15) is 38.8 Å². The molecule has 180 valence electrons. The fourth-order valence-corrected chi connectivity index (χ4v) is 3.52. The molecule has 35 heavy (non-hydrogen) atoms. The fraction of sp³-hybridized carbons (Fsp3) is 0.222. The van der Waals surface area contributed by atoms with Gasteiger partial charge in [-0.25, -0.2) is 14.4 Å². The molecule has 0 saturated carbocycles. The number of benzene rings is 3. The second-order valence-corrected chi connectivity index (χ2v) is 7.69. The third kappa shape index (κ3) is 6.32. The Labute approximate surface area is 203 Å². The SMILES string of the molecule is [2H][C@@H]1[C@@H](OC(=O)c2ccccc2)[C@H](OC(=O)c2ccccc2)[C@@H](COC(=O)c2ccccc2)O[C@H]1O. The highest BCUT2D eigenvalue weighted by Gasteiger charge is 2.44. The molecule has 8 heteroatoms. The molecule has 0 aliphatic carbocycles. The van der Waals surface area contributed by atoms with Gasteiger partial charge in [-0.3, -0.25) is 0 Å². The van der Waals surface area contributed by atoms with Crippen LogP contribution in [-0.4, -0.2) is 54.2 Å². The molecule has 1 fully saturated rings. The van der Waals surface area contributed by atoms with E-state index in [1.165, 1.54) is 24.3 Å². The van der Waals surface area contributed by atoms with Crippen molar-refractivity contribution in [2.45, 2.75) is 31.0 Å². The van der Waals surface area contributed by atoms with E-state index in [-0.39, 0.29) is 16.7 Å². The van der Waals surface area contributed by atoms with Crippen molar-refractivity contribution in [3.05, 3.63) is 108 Å². The summed E-state index contributed by atoms with van der Waals surface area (Å²) in [7, 11) is 0. The van der Waals surface area contributed by atoms with E-state index in [1.807, 2.05) is 0 Å². The molecule has 0 aromatic heterocycles. The van der Waals surface area contributed by atoms with Gasteiger partial charge in [-0.2, -0.15) is 0 Å². The van der Waals surface area contributed by atoms with Crippen molar-refractivity contribution in [2.24, 2.45) is 0 Å². The summed E-state index contributed by atoms with van der Waals surface area (Å²) in [5.41, 5.74) is 0.723. The highest BCUT2D eigenvalue weighted by atomic mass is 16.7. The van der Waals surface area contributed by atoms with E-state index in [4.69, 9.17) is 20.3 Å². The lowest BCUT2D eigenvalue weighted by Crippen LogP contribution is -2.54. The molecule has 0 spiro atoms. The average Bonchev–Trinajstić information content (AvgIpc) is 2.92. The minimum atomic E-state index is -1.69. The zero-order valence-electron chi connectivity index (χ0n) is 19.6. The molecule has 0 unspecified atom stereocenters. The molecular weight excluding hydrogens is 452 g/mol. The maximum Gasteiger partial charge on any atom is 0.338 e. The van der Waals surface area contributed by atoms with Gasteiger partial charge >= 0.3 is 17.9 Å². The lowest BCUT2D eigenvalue weighted by atomic mass is 10.0. The van der Waals surface area contributed by atoms with Crippen molar-refractivity contribution in [1.82, 2.24) is 0 Å². The molecule has 1 aliphatic heterocycles. The molecule has 0 bridgehead atoms. The van der Waals surface area contributed by atoms with Crippen LogP contribution in [-0.2, 0) is 18.9 Å². The number of hydrogen-bond donors (Lipinski definition) is 1.